The van der Waals surface area contributed by atoms with Crippen molar-refractivity contribution in [1.82, 2.24) is 24.5 Å². The SMILES string of the molecule is c1ccc(-c2nc(-c3cccc(-c4cccnc4)c3)nc(-c3ccc(-c4ccc(-c5cccc6c5c5ccccc5n6-c5ccccc5)cc4)c4ccccc34)n2)cc1. The molecule has 0 aliphatic rings. The van der Waals surface area contributed by atoms with Crippen LogP contribution < -0.4 is 0 Å². The highest BCUT2D eigenvalue weighted by Crippen LogP contribution is 2.40. The average Bonchev–Trinajstić information content (AvgIpc) is 3.67. The summed E-state index contributed by atoms with van der Waals surface area (Å²) in [6.45, 7) is 0. The fraction of sp³-hybridized carbons (Fsp3) is 0. The maximum atomic E-state index is 5.16. The summed E-state index contributed by atoms with van der Waals surface area (Å²) in [6, 6.07) is 70.3. The molecule has 0 atom stereocenters. The van der Waals surface area contributed by atoms with E-state index in [2.05, 4.69) is 167 Å². The van der Waals surface area contributed by atoms with Crippen molar-refractivity contribution in [3.8, 4) is 73.2 Å². The molecule has 11 aromatic rings. The number of aromatic nitrogens is 5. The van der Waals surface area contributed by atoms with Gasteiger partial charge in [-0.25, -0.2) is 15.0 Å². The Labute approximate surface area is 341 Å². The predicted molar refractivity (Wildman–Crippen MR) is 242 cm³/mol. The number of para-hydroxylation sites is 2. The molecule has 0 spiro atoms. The summed E-state index contributed by atoms with van der Waals surface area (Å²) in [5.41, 5.74) is 13.1. The van der Waals surface area contributed by atoms with Crippen LogP contribution in [0, 0.1) is 0 Å². The first-order chi connectivity index (χ1) is 29.3. The molecule has 0 fully saturated rings. The topological polar surface area (TPSA) is 56.5 Å². The Morgan fingerprint density at radius 2 is 0.881 bits per heavy atom. The van der Waals surface area contributed by atoms with Gasteiger partial charge >= 0.3 is 0 Å². The van der Waals surface area contributed by atoms with Gasteiger partial charge in [-0.1, -0.05) is 158 Å². The number of nitrogens with zero attached hydrogens (tertiary/aromatic N) is 5. The molecule has 3 heterocycles. The lowest BCUT2D eigenvalue weighted by molar-refractivity contribution is 1.08. The molecule has 11 rings (SSSR count). The third-order valence-electron chi connectivity index (χ3n) is 11.2. The minimum absolute atomic E-state index is 0.616. The summed E-state index contributed by atoms with van der Waals surface area (Å²) in [5.74, 6) is 1.87. The van der Waals surface area contributed by atoms with Crippen molar-refractivity contribution >= 4 is 32.6 Å². The Bertz CT molecular complexity index is 3300. The lowest BCUT2D eigenvalue weighted by Gasteiger charge is -2.14. The average molecular weight is 754 g/mol. The zero-order valence-electron chi connectivity index (χ0n) is 31.9. The molecule has 59 heavy (non-hydrogen) atoms. The van der Waals surface area contributed by atoms with Gasteiger partial charge in [0.25, 0.3) is 0 Å². The van der Waals surface area contributed by atoms with E-state index in [1.54, 1.807) is 6.20 Å². The summed E-state index contributed by atoms with van der Waals surface area (Å²) < 4.78 is 2.37. The van der Waals surface area contributed by atoms with Crippen molar-refractivity contribution in [2.24, 2.45) is 0 Å². The van der Waals surface area contributed by atoms with Crippen LogP contribution >= 0.6 is 0 Å². The van der Waals surface area contributed by atoms with Crippen LogP contribution in [0.1, 0.15) is 0 Å². The molecule has 0 aliphatic heterocycles. The predicted octanol–water partition coefficient (Wildman–Crippen LogP) is 13.5. The van der Waals surface area contributed by atoms with Gasteiger partial charge in [0.15, 0.2) is 17.5 Å². The fourth-order valence-electron chi connectivity index (χ4n) is 8.40. The molecule has 0 amide bonds. The van der Waals surface area contributed by atoms with Gasteiger partial charge in [-0.05, 0) is 81.1 Å². The van der Waals surface area contributed by atoms with Crippen molar-refractivity contribution in [2.75, 3.05) is 0 Å². The minimum atomic E-state index is 0.616. The van der Waals surface area contributed by atoms with Crippen molar-refractivity contribution in [3.05, 3.63) is 213 Å². The van der Waals surface area contributed by atoms with Crippen LogP contribution in [0.3, 0.4) is 0 Å². The lowest BCUT2D eigenvalue weighted by Crippen LogP contribution is -2.01. The van der Waals surface area contributed by atoms with E-state index in [9.17, 15) is 0 Å². The molecule has 5 heteroatoms. The Morgan fingerprint density at radius 1 is 0.322 bits per heavy atom. The highest BCUT2D eigenvalue weighted by Gasteiger charge is 2.18. The van der Waals surface area contributed by atoms with Crippen LogP contribution in [-0.4, -0.2) is 24.5 Å². The lowest BCUT2D eigenvalue weighted by atomic mass is 9.93. The van der Waals surface area contributed by atoms with Crippen molar-refractivity contribution in [2.45, 2.75) is 0 Å². The molecule has 3 aromatic heterocycles. The van der Waals surface area contributed by atoms with E-state index in [-0.39, 0.29) is 0 Å². The molecular formula is C54H35N5. The maximum absolute atomic E-state index is 5.16. The molecule has 0 saturated carbocycles. The summed E-state index contributed by atoms with van der Waals surface area (Å²) in [7, 11) is 0. The number of benzene rings is 8. The molecule has 276 valence electrons. The third-order valence-corrected chi connectivity index (χ3v) is 11.2. The summed E-state index contributed by atoms with van der Waals surface area (Å²) in [4.78, 5) is 19.6. The summed E-state index contributed by atoms with van der Waals surface area (Å²) in [5, 5.41) is 4.70. The Hall–Kier alpha value is -8.02. The van der Waals surface area contributed by atoms with Crippen molar-refractivity contribution < 1.29 is 0 Å². The molecule has 0 bridgehead atoms. The molecule has 5 nitrogen and oxygen atoms in total. The first kappa shape index (κ1) is 34.2. The minimum Gasteiger partial charge on any atom is -0.309 e. The molecule has 0 saturated heterocycles. The number of pyridine rings is 1. The zero-order valence-corrected chi connectivity index (χ0v) is 31.9. The normalized spacial score (nSPS) is 11.4. The van der Waals surface area contributed by atoms with Gasteiger partial charge in [0, 0.05) is 51.1 Å². The molecule has 0 N–H and O–H groups in total. The second kappa shape index (κ2) is 14.5. The monoisotopic (exact) mass is 753 g/mol. The van der Waals surface area contributed by atoms with Gasteiger partial charge in [0.05, 0.1) is 11.0 Å². The van der Waals surface area contributed by atoms with Crippen LogP contribution in [0.25, 0.3) is 106 Å². The van der Waals surface area contributed by atoms with Gasteiger partial charge < -0.3 is 4.57 Å². The van der Waals surface area contributed by atoms with Gasteiger partial charge in [-0.3, -0.25) is 4.98 Å². The Balaban J connectivity index is 1.01. The first-order valence-corrected chi connectivity index (χ1v) is 19.8. The van der Waals surface area contributed by atoms with Crippen LogP contribution in [0.5, 0.6) is 0 Å². The highest BCUT2D eigenvalue weighted by molar-refractivity contribution is 6.16. The van der Waals surface area contributed by atoms with Gasteiger partial charge in [0.1, 0.15) is 0 Å². The van der Waals surface area contributed by atoms with E-state index in [0.717, 1.165) is 55.4 Å². The largest absolute Gasteiger partial charge is 0.309 e. The van der Waals surface area contributed by atoms with Gasteiger partial charge in [-0.15, -0.1) is 0 Å². The van der Waals surface area contributed by atoms with Crippen LogP contribution in [0.15, 0.2) is 213 Å². The Kier molecular flexibility index (Phi) is 8.41. The standard InChI is InChI=1S/C54H35N5/c1-3-14-38(15-4-1)52-56-53(40-17-11-16-39(34-40)41-18-13-33-55-35-41)58-54(57-52)47-32-31-43(45-21-7-8-22-46(45)47)36-27-29-37(30-28-36)44-24-12-26-50-51(44)48-23-9-10-25-49(48)59(50)42-19-5-2-6-20-42/h1-35H. The fourth-order valence-corrected chi connectivity index (χ4v) is 8.40. The molecule has 0 aliphatic carbocycles. The second-order valence-electron chi connectivity index (χ2n) is 14.7. The number of fused-ring (bicyclic) bond motifs is 4. The van der Waals surface area contributed by atoms with E-state index in [1.807, 2.05) is 48.7 Å². The number of hydrogen-bond donors (Lipinski definition) is 0. The molecular weight excluding hydrogens is 719 g/mol. The quantitative estimate of drug-likeness (QED) is 0.163. The van der Waals surface area contributed by atoms with Crippen molar-refractivity contribution in [3.63, 3.8) is 0 Å². The van der Waals surface area contributed by atoms with Gasteiger partial charge in [-0.2, -0.15) is 0 Å². The van der Waals surface area contributed by atoms with E-state index in [0.29, 0.717) is 17.5 Å². The third kappa shape index (κ3) is 6.13. The smallest absolute Gasteiger partial charge is 0.164 e. The molecule has 8 aromatic carbocycles. The Morgan fingerprint density at radius 3 is 1.64 bits per heavy atom. The van der Waals surface area contributed by atoms with E-state index in [4.69, 9.17) is 15.0 Å². The van der Waals surface area contributed by atoms with Crippen LogP contribution in [-0.2, 0) is 0 Å². The number of hydrogen-bond acceptors (Lipinski definition) is 4. The molecule has 0 radical (unpaired) electrons. The van der Waals surface area contributed by atoms with Crippen molar-refractivity contribution in [1.29, 1.82) is 0 Å². The second-order valence-corrected chi connectivity index (χ2v) is 14.7. The first-order valence-electron chi connectivity index (χ1n) is 19.8. The highest BCUT2D eigenvalue weighted by atomic mass is 15.0. The summed E-state index contributed by atoms with van der Waals surface area (Å²) >= 11 is 0. The van der Waals surface area contributed by atoms with E-state index < -0.39 is 0 Å². The van der Waals surface area contributed by atoms with E-state index in [1.165, 1.54) is 32.9 Å². The van der Waals surface area contributed by atoms with Crippen LogP contribution in [0.2, 0.25) is 0 Å². The van der Waals surface area contributed by atoms with Gasteiger partial charge in [0.2, 0.25) is 0 Å². The van der Waals surface area contributed by atoms with E-state index >= 15 is 0 Å². The zero-order chi connectivity index (χ0) is 39.1. The maximum Gasteiger partial charge on any atom is 0.164 e. The number of rotatable bonds is 7. The van der Waals surface area contributed by atoms with Crippen LogP contribution in [0.4, 0.5) is 0 Å². The summed E-state index contributed by atoms with van der Waals surface area (Å²) in [6.07, 6.45) is 3.66. The molecule has 0 unspecified atom stereocenters.